The van der Waals surface area contributed by atoms with E-state index < -0.39 is 0 Å². The molecule has 164 valence electrons. The topological polar surface area (TPSA) is 0 Å². The maximum atomic E-state index is 2.35. The Morgan fingerprint density at radius 2 is 0.969 bits per heavy atom. The zero-order valence-corrected chi connectivity index (χ0v) is 20.9. The fourth-order valence-electron chi connectivity index (χ4n) is 5.03. The molecule has 32 heavy (non-hydrogen) atoms. The van der Waals surface area contributed by atoms with Crippen molar-refractivity contribution in [1.29, 1.82) is 0 Å². The first-order valence-electron chi connectivity index (χ1n) is 11.7. The third kappa shape index (κ3) is 4.11. The highest BCUT2D eigenvalue weighted by Crippen LogP contribution is 2.38. The highest BCUT2D eigenvalue weighted by Gasteiger charge is 2.19. The molecule has 0 heterocycles. The van der Waals surface area contributed by atoms with Gasteiger partial charge in [-0.3, -0.25) is 0 Å². The van der Waals surface area contributed by atoms with E-state index in [2.05, 4.69) is 128 Å². The third-order valence-electron chi connectivity index (χ3n) is 6.61. The highest BCUT2D eigenvalue weighted by atomic mass is 14.2. The summed E-state index contributed by atoms with van der Waals surface area (Å²) in [7, 11) is 0. The number of aryl methyl sites for hydroxylation is 2. The second-order valence-electron chi connectivity index (χ2n) is 11.3. The van der Waals surface area contributed by atoms with Gasteiger partial charge < -0.3 is 0 Å². The van der Waals surface area contributed by atoms with Gasteiger partial charge >= 0.3 is 0 Å². The molecule has 0 spiro atoms. The van der Waals surface area contributed by atoms with Crippen LogP contribution in [0.5, 0.6) is 0 Å². The van der Waals surface area contributed by atoms with Gasteiger partial charge in [0.1, 0.15) is 0 Å². The quantitative estimate of drug-likeness (QED) is 0.303. The molecule has 4 aromatic rings. The zero-order chi connectivity index (χ0) is 23.3. The van der Waals surface area contributed by atoms with Crippen molar-refractivity contribution in [2.45, 2.75) is 66.2 Å². The van der Waals surface area contributed by atoms with Gasteiger partial charge in [-0.05, 0) is 80.0 Å². The Morgan fingerprint density at radius 3 is 1.56 bits per heavy atom. The summed E-state index contributed by atoms with van der Waals surface area (Å²) in [4.78, 5) is 0. The summed E-state index contributed by atoms with van der Waals surface area (Å²) in [5, 5.41) is 2.69. The molecule has 0 bridgehead atoms. The summed E-state index contributed by atoms with van der Waals surface area (Å²) in [6.07, 6.45) is 0. The van der Waals surface area contributed by atoms with Gasteiger partial charge in [0.05, 0.1) is 0 Å². The monoisotopic (exact) mass is 420 g/mol. The first-order valence-corrected chi connectivity index (χ1v) is 11.7. The second-order valence-corrected chi connectivity index (χ2v) is 11.3. The second kappa shape index (κ2) is 7.93. The molecule has 0 aliphatic rings. The van der Waals surface area contributed by atoms with Gasteiger partial charge in [-0.25, -0.2) is 0 Å². The average molecular weight is 421 g/mol. The van der Waals surface area contributed by atoms with E-state index in [1.54, 1.807) is 0 Å². The molecule has 4 aromatic carbocycles. The van der Waals surface area contributed by atoms with Crippen LogP contribution in [0.3, 0.4) is 0 Å². The summed E-state index contributed by atoms with van der Waals surface area (Å²) in [6, 6.07) is 27.3. The first-order chi connectivity index (χ1) is 15.0. The molecule has 0 N–H and O–H groups in total. The van der Waals surface area contributed by atoms with Crippen LogP contribution in [-0.4, -0.2) is 0 Å². The van der Waals surface area contributed by atoms with Gasteiger partial charge in [0, 0.05) is 0 Å². The predicted molar refractivity (Wildman–Crippen MR) is 142 cm³/mol. The molecule has 0 aliphatic carbocycles. The van der Waals surface area contributed by atoms with Crippen LogP contribution in [0.15, 0.2) is 72.8 Å². The van der Waals surface area contributed by atoms with Crippen molar-refractivity contribution in [1.82, 2.24) is 0 Å². The van der Waals surface area contributed by atoms with E-state index in [0.717, 1.165) is 0 Å². The van der Waals surface area contributed by atoms with E-state index in [0.29, 0.717) is 0 Å². The average Bonchev–Trinajstić information content (AvgIpc) is 2.71. The molecule has 0 atom stereocenters. The molecule has 0 amide bonds. The Labute approximate surface area is 194 Å². The molecule has 0 radical (unpaired) electrons. The van der Waals surface area contributed by atoms with Crippen LogP contribution in [0.1, 0.15) is 63.8 Å². The van der Waals surface area contributed by atoms with Crippen LogP contribution in [0, 0.1) is 13.8 Å². The van der Waals surface area contributed by atoms with Crippen molar-refractivity contribution in [2.75, 3.05) is 0 Å². The number of fused-ring (bicyclic) bond motifs is 1. The Hall–Kier alpha value is -2.86. The van der Waals surface area contributed by atoms with E-state index in [1.165, 1.54) is 55.3 Å². The van der Waals surface area contributed by atoms with E-state index in [-0.39, 0.29) is 10.8 Å². The highest BCUT2D eigenvalue weighted by molar-refractivity contribution is 5.99. The molecule has 4 rings (SSSR count). The molecule has 0 fully saturated rings. The maximum Gasteiger partial charge on any atom is -0.0102 e. The van der Waals surface area contributed by atoms with Crippen molar-refractivity contribution in [3.63, 3.8) is 0 Å². The van der Waals surface area contributed by atoms with Crippen LogP contribution >= 0.6 is 0 Å². The molecule has 0 aliphatic heterocycles. The van der Waals surface area contributed by atoms with Gasteiger partial charge in [0.2, 0.25) is 0 Å². The van der Waals surface area contributed by atoms with Gasteiger partial charge in [0.15, 0.2) is 0 Å². The van der Waals surface area contributed by atoms with Gasteiger partial charge in [-0.1, -0.05) is 114 Å². The fourth-order valence-corrected chi connectivity index (χ4v) is 5.03. The molecular formula is C32H36. The largest absolute Gasteiger partial charge is 0.0616 e. The van der Waals surface area contributed by atoms with Gasteiger partial charge in [0.25, 0.3) is 0 Å². The van der Waals surface area contributed by atoms with Crippen molar-refractivity contribution in [2.24, 2.45) is 0 Å². The van der Waals surface area contributed by atoms with Crippen molar-refractivity contribution in [3.8, 4) is 22.3 Å². The zero-order valence-electron chi connectivity index (χ0n) is 20.9. The molecule has 0 nitrogen and oxygen atoms in total. The van der Waals surface area contributed by atoms with Crippen LogP contribution in [-0.2, 0) is 10.8 Å². The third-order valence-corrected chi connectivity index (χ3v) is 6.61. The molecule has 0 saturated carbocycles. The van der Waals surface area contributed by atoms with Crippen molar-refractivity contribution in [3.05, 3.63) is 95.1 Å². The van der Waals surface area contributed by atoms with Crippen LogP contribution in [0.4, 0.5) is 0 Å². The Bertz CT molecular complexity index is 1290. The molecule has 0 saturated heterocycles. The summed E-state index contributed by atoms with van der Waals surface area (Å²) >= 11 is 0. The smallest absolute Gasteiger partial charge is 0.0102 e. The minimum Gasteiger partial charge on any atom is -0.0616 e. The number of benzene rings is 4. The number of hydrogen-bond donors (Lipinski definition) is 0. The number of hydrogen-bond acceptors (Lipinski definition) is 0. The Balaban J connectivity index is 1.80. The lowest BCUT2D eigenvalue weighted by molar-refractivity contribution is 0.586. The summed E-state index contributed by atoms with van der Waals surface area (Å²) in [6.45, 7) is 18.2. The lowest BCUT2D eigenvalue weighted by Gasteiger charge is -2.23. The summed E-state index contributed by atoms with van der Waals surface area (Å²) in [5.74, 6) is 0. The van der Waals surface area contributed by atoms with Gasteiger partial charge in [-0.15, -0.1) is 0 Å². The van der Waals surface area contributed by atoms with Crippen molar-refractivity contribution >= 4 is 10.8 Å². The summed E-state index contributed by atoms with van der Waals surface area (Å²) in [5.41, 5.74) is 11.0. The minimum absolute atomic E-state index is 0.120. The molecular weight excluding hydrogens is 384 g/mol. The van der Waals surface area contributed by atoms with Crippen LogP contribution < -0.4 is 0 Å². The Morgan fingerprint density at radius 1 is 0.469 bits per heavy atom. The molecule has 0 unspecified atom stereocenters. The maximum absolute atomic E-state index is 2.35. The molecule has 0 aromatic heterocycles. The minimum atomic E-state index is 0.120. The standard InChI is InChI=1S/C32H36/c1-21-19-24(13-15-25(21)23-14-17-29(22(2)20-23)31(3,4)5)26-16-18-30(32(6,7)8)28-12-10-9-11-27(26)28/h9-20H,1-8H3. The Kier molecular flexibility index (Phi) is 5.53. The van der Waals surface area contributed by atoms with Crippen molar-refractivity contribution < 1.29 is 0 Å². The first kappa shape index (κ1) is 22.3. The van der Waals surface area contributed by atoms with Gasteiger partial charge in [-0.2, -0.15) is 0 Å². The molecule has 0 heteroatoms. The van der Waals surface area contributed by atoms with E-state index in [1.807, 2.05) is 0 Å². The summed E-state index contributed by atoms with van der Waals surface area (Å²) < 4.78 is 0. The van der Waals surface area contributed by atoms with Crippen LogP contribution in [0.25, 0.3) is 33.0 Å². The predicted octanol–water partition coefficient (Wildman–Crippen LogP) is 9.39. The lowest BCUT2D eigenvalue weighted by Crippen LogP contribution is -2.12. The van der Waals surface area contributed by atoms with E-state index in [4.69, 9.17) is 0 Å². The van der Waals surface area contributed by atoms with Crippen LogP contribution in [0.2, 0.25) is 0 Å². The fraction of sp³-hybridized carbons (Fsp3) is 0.312. The number of rotatable bonds is 2. The van der Waals surface area contributed by atoms with E-state index >= 15 is 0 Å². The SMILES string of the molecule is Cc1cc(-c2ccc(C(C)(C)C)c3ccccc23)ccc1-c1ccc(C(C)(C)C)c(C)c1. The lowest BCUT2D eigenvalue weighted by atomic mass is 9.81. The van der Waals surface area contributed by atoms with E-state index in [9.17, 15) is 0 Å². The normalized spacial score (nSPS) is 12.4.